The molecule has 0 aliphatic carbocycles. The molecular weight excluding hydrogens is 396 g/mol. The first-order valence-corrected chi connectivity index (χ1v) is 12.3. The third kappa shape index (κ3) is 5.92. The van der Waals surface area contributed by atoms with Crippen molar-refractivity contribution in [3.05, 3.63) is 65.2 Å². The highest BCUT2D eigenvalue weighted by molar-refractivity contribution is 5.78. The van der Waals surface area contributed by atoms with Crippen LogP contribution in [0.3, 0.4) is 0 Å². The Morgan fingerprint density at radius 1 is 0.969 bits per heavy atom. The van der Waals surface area contributed by atoms with Crippen LogP contribution in [0.4, 0.5) is 0 Å². The molecule has 2 aliphatic rings. The normalized spacial score (nSPS) is 20.0. The maximum absolute atomic E-state index is 12.9. The minimum Gasteiger partial charge on any atom is -0.492 e. The molecule has 2 aliphatic heterocycles. The van der Waals surface area contributed by atoms with E-state index in [-0.39, 0.29) is 5.91 Å². The van der Waals surface area contributed by atoms with Crippen LogP contribution in [0.2, 0.25) is 0 Å². The number of likely N-dealkylation sites (tertiary alicyclic amines) is 1. The highest BCUT2D eigenvalue weighted by atomic mass is 16.5. The fraction of sp³-hybridized carbons (Fsp3) is 0.536. The van der Waals surface area contributed by atoms with Gasteiger partial charge in [-0.1, -0.05) is 54.4 Å². The van der Waals surface area contributed by atoms with Crippen LogP contribution in [0, 0.1) is 12.3 Å². The fourth-order valence-electron chi connectivity index (χ4n) is 5.34. The Morgan fingerprint density at radius 3 is 2.50 bits per heavy atom. The van der Waals surface area contributed by atoms with E-state index < -0.39 is 0 Å². The summed E-state index contributed by atoms with van der Waals surface area (Å²) in [6, 6.07) is 16.8. The third-order valence-corrected chi connectivity index (χ3v) is 7.36. The van der Waals surface area contributed by atoms with Gasteiger partial charge in [0.05, 0.1) is 6.42 Å². The number of hydrogen-bond donors (Lipinski definition) is 0. The Kier molecular flexibility index (Phi) is 7.51. The average Bonchev–Trinajstić information content (AvgIpc) is 2.79. The quantitative estimate of drug-likeness (QED) is 0.675. The number of amides is 1. The van der Waals surface area contributed by atoms with Gasteiger partial charge in [-0.2, -0.15) is 0 Å². The van der Waals surface area contributed by atoms with E-state index >= 15 is 0 Å². The Balaban J connectivity index is 1.35. The van der Waals surface area contributed by atoms with Crippen LogP contribution in [0.1, 0.15) is 48.8 Å². The Bertz CT molecular complexity index is 885. The van der Waals surface area contributed by atoms with Gasteiger partial charge in [0.25, 0.3) is 0 Å². The summed E-state index contributed by atoms with van der Waals surface area (Å²) >= 11 is 0. The van der Waals surface area contributed by atoms with Crippen molar-refractivity contribution in [2.24, 2.45) is 5.41 Å². The van der Waals surface area contributed by atoms with E-state index in [4.69, 9.17) is 4.74 Å². The lowest BCUT2D eigenvalue weighted by atomic mass is 9.73. The smallest absolute Gasteiger partial charge is 0.226 e. The zero-order valence-electron chi connectivity index (χ0n) is 19.8. The largest absolute Gasteiger partial charge is 0.492 e. The van der Waals surface area contributed by atoms with Crippen LogP contribution in [0.5, 0.6) is 5.75 Å². The van der Waals surface area contributed by atoms with Crippen molar-refractivity contribution in [1.29, 1.82) is 0 Å². The van der Waals surface area contributed by atoms with E-state index in [1.807, 2.05) is 0 Å². The second-order valence-electron chi connectivity index (χ2n) is 9.94. The molecule has 0 unspecified atom stereocenters. The summed E-state index contributed by atoms with van der Waals surface area (Å²) in [5, 5.41) is 0. The summed E-state index contributed by atoms with van der Waals surface area (Å²) in [5.41, 5.74) is 4.00. The topological polar surface area (TPSA) is 32.8 Å². The molecule has 0 radical (unpaired) electrons. The van der Waals surface area contributed by atoms with Crippen LogP contribution in [0.15, 0.2) is 48.5 Å². The first-order valence-electron chi connectivity index (χ1n) is 12.3. The minimum absolute atomic E-state index is 0.273. The number of fused-ring (bicyclic) bond motifs is 1. The van der Waals surface area contributed by atoms with E-state index in [2.05, 4.69) is 72.3 Å². The highest BCUT2D eigenvalue weighted by Crippen LogP contribution is 2.38. The van der Waals surface area contributed by atoms with Crippen molar-refractivity contribution in [2.45, 2.75) is 51.9 Å². The van der Waals surface area contributed by atoms with Gasteiger partial charge >= 0.3 is 0 Å². The molecule has 0 saturated carbocycles. The van der Waals surface area contributed by atoms with Crippen molar-refractivity contribution in [3.8, 4) is 5.75 Å². The summed E-state index contributed by atoms with van der Waals surface area (Å²) in [6.07, 6.45) is 7.50. The average molecular weight is 435 g/mol. The molecule has 1 amide bonds. The van der Waals surface area contributed by atoms with E-state index in [9.17, 15) is 4.79 Å². The van der Waals surface area contributed by atoms with Gasteiger partial charge in [-0.3, -0.25) is 4.79 Å². The Labute approximate surface area is 193 Å². The molecule has 0 aromatic heterocycles. The Morgan fingerprint density at radius 2 is 1.72 bits per heavy atom. The zero-order chi connectivity index (χ0) is 22.4. The minimum atomic E-state index is 0.273. The molecular formula is C28H38N2O2. The highest BCUT2D eigenvalue weighted by Gasteiger charge is 2.36. The molecule has 4 rings (SSSR count). The molecule has 0 N–H and O–H groups in total. The van der Waals surface area contributed by atoms with Gasteiger partial charge in [-0.05, 0) is 68.7 Å². The lowest BCUT2D eigenvalue weighted by Gasteiger charge is -2.44. The van der Waals surface area contributed by atoms with Crippen LogP contribution >= 0.6 is 0 Å². The molecule has 2 aromatic rings. The SMILES string of the molecule is Cc1ccc(CC(=O)N2CCC3(CCCCc4ccccc4OCCN(C)C3)CC2)cc1. The van der Waals surface area contributed by atoms with Crippen LogP contribution in [0.25, 0.3) is 0 Å². The first-order chi connectivity index (χ1) is 15.5. The second-order valence-corrected chi connectivity index (χ2v) is 9.94. The van der Waals surface area contributed by atoms with Gasteiger partial charge in [0.2, 0.25) is 5.91 Å². The van der Waals surface area contributed by atoms with Gasteiger partial charge in [0.1, 0.15) is 12.4 Å². The van der Waals surface area contributed by atoms with E-state index in [1.54, 1.807) is 0 Å². The van der Waals surface area contributed by atoms with Crippen LogP contribution < -0.4 is 4.74 Å². The zero-order valence-corrected chi connectivity index (χ0v) is 19.8. The predicted octanol–water partition coefficient (Wildman–Crippen LogP) is 4.88. The van der Waals surface area contributed by atoms with Crippen molar-refractivity contribution in [1.82, 2.24) is 9.80 Å². The number of nitrogens with zero attached hydrogens (tertiary/aromatic N) is 2. The summed E-state index contributed by atoms with van der Waals surface area (Å²) in [4.78, 5) is 17.4. The molecule has 2 aromatic carbocycles. The van der Waals surface area contributed by atoms with Crippen molar-refractivity contribution < 1.29 is 9.53 Å². The van der Waals surface area contributed by atoms with Gasteiger partial charge in [0, 0.05) is 26.2 Å². The molecule has 172 valence electrons. The van der Waals surface area contributed by atoms with Gasteiger partial charge in [0.15, 0.2) is 0 Å². The number of aryl methyl sites for hydroxylation is 2. The van der Waals surface area contributed by atoms with Gasteiger partial charge in [-0.25, -0.2) is 0 Å². The number of ether oxygens (including phenoxy) is 1. The molecule has 0 atom stereocenters. The monoisotopic (exact) mass is 434 g/mol. The van der Waals surface area contributed by atoms with E-state index in [0.29, 0.717) is 11.8 Å². The molecule has 1 saturated heterocycles. The number of piperidine rings is 1. The van der Waals surface area contributed by atoms with Crippen molar-refractivity contribution in [3.63, 3.8) is 0 Å². The predicted molar refractivity (Wildman–Crippen MR) is 130 cm³/mol. The third-order valence-electron chi connectivity index (χ3n) is 7.36. The lowest BCUT2D eigenvalue weighted by molar-refractivity contribution is -0.133. The maximum atomic E-state index is 12.9. The molecule has 32 heavy (non-hydrogen) atoms. The summed E-state index contributed by atoms with van der Waals surface area (Å²) in [5.74, 6) is 1.33. The molecule has 4 nitrogen and oxygen atoms in total. The van der Waals surface area contributed by atoms with Crippen molar-refractivity contribution >= 4 is 5.91 Å². The standard InChI is InChI=1S/C28H38N2O2/c1-23-10-12-24(13-11-23)21-27(31)30-17-15-28(16-18-30)14-6-5-8-25-7-3-4-9-26(25)32-20-19-29(2)22-28/h3-4,7,9-13H,5-6,8,14-22H2,1-2H3. The van der Waals surface area contributed by atoms with Crippen LogP contribution in [-0.4, -0.2) is 55.5 Å². The first kappa shape index (κ1) is 22.8. The number of benzene rings is 2. The number of carbonyl (C=O) groups is 1. The van der Waals surface area contributed by atoms with E-state index in [0.717, 1.165) is 63.4 Å². The summed E-state index contributed by atoms with van der Waals surface area (Å²) < 4.78 is 6.12. The number of carbonyl (C=O) groups excluding carboxylic acids is 1. The molecule has 2 heterocycles. The van der Waals surface area contributed by atoms with Gasteiger partial charge < -0.3 is 14.5 Å². The van der Waals surface area contributed by atoms with E-state index in [1.165, 1.54) is 30.4 Å². The number of likely N-dealkylation sites (N-methyl/N-ethyl adjacent to an activating group) is 1. The lowest BCUT2D eigenvalue weighted by Crippen LogP contribution is -2.48. The Hall–Kier alpha value is -2.33. The number of hydrogen-bond acceptors (Lipinski definition) is 3. The molecule has 1 spiro atoms. The summed E-state index contributed by atoms with van der Waals surface area (Å²) in [7, 11) is 2.22. The molecule has 4 heteroatoms. The number of para-hydroxylation sites is 1. The fourth-order valence-corrected chi connectivity index (χ4v) is 5.34. The maximum Gasteiger partial charge on any atom is 0.226 e. The van der Waals surface area contributed by atoms with Gasteiger partial charge in [-0.15, -0.1) is 0 Å². The number of rotatable bonds is 2. The molecule has 1 fully saturated rings. The molecule has 0 bridgehead atoms. The van der Waals surface area contributed by atoms with Crippen LogP contribution in [-0.2, 0) is 17.6 Å². The second kappa shape index (κ2) is 10.5. The van der Waals surface area contributed by atoms with Crippen molar-refractivity contribution in [2.75, 3.05) is 39.8 Å². The summed E-state index contributed by atoms with van der Waals surface area (Å²) in [6.45, 7) is 6.62.